The average Bonchev–Trinajstić information content (AvgIpc) is 1.83. The maximum Gasteiger partial charge on any atom is 0.0519 e. The first-order chi connectivity index (χ1) is 4.16. The predicted octanol–water partition coefficient (Wildman–Crippen LogP) is -0.257. The van der Waals surface area contributed by atoms with Crippen molar-refractivity contribution in [2.45, 2.75) is 20.0 Å². The van der Waals surface area contributed by atoms with Gasteiger partial charge in [-0.2, -0.15) is 0 Å². The number of hydrogen-bond donors (Lipinski definition) is 3. The highest BCUT2D eigenvalue weighted by Gasteiger charge is 1.90. The van der Waals surface area contributed by atoms with Gasteiger partial charge in [0.15, 0.2) is 0 Å². The zero-order valence-corrected chi connectivity index (χ0v) is 6.02. The molecule has 0 fully saturated rings. The lowest BCUT2D eigenvalue weighted by Gasteiger charge is -2.06. The van der Waals surface area contributed by atoms with E-state index in [0.29, 0.717) is 0 Å². The number of nitrogens with two attached hydrogens (primary N) is 2. The molecule has 0 heterocycles. The van der Waals surface area contributed by atoms with Gasteiger partial charge in [-0.1, -0.05) is 0 Å². The summed E-state index contributed by atoms with van der Waals surface area (Å²) in [7, 11) is 0. The molecule has 3 nitrogen and oxygen atoms in total. The lowest BCUT2D eigenvalue weighted by molar-refractivity contribution is 0.596. The van der Waals surface area contributed by atoms with Crippen LogP contribution in [0, 0.1) is 0 Å². The maximum atomic E-state index is 5.42. The molecule has 0 rings (SSSR count). The second-order valence-corrected chi connectivity index (χ2v) is 2.18. The molecule has 0 aromatic carbocycles. The van der Waals surface area contributed by atoms with Crippen molar-refractivity contribution in [2.75, 3.05) is 6.54 Å². The van der Waals surface area contributed by atoms with Gasteiger partial charge >= 0.3 is 0 Å². The van der Waals surface area contributed by atoms with Crippen LogP contribution in [0.2, 0.25) is 0 Å². The van der Waals surface area contributed by atoms with Gasteiger partial charge in [0.25, 0.3) is 0 Å². The molecule has 9 heavy (non-hydrogen) atoms. The Morgan fingerprint density at radius 1 is 1.78 bits per heavy atom. The van der Waals surface area contributed by atoms with Crippen LogP contribution in [-0.2, 0) is 0 Å². The molecule has 0 aromatic heterocycles. The Morgan fingerprint density at radius 3 is 2.67 bits per heavy atom. The summed E-state index contributed by atoms with van der Waals surface area (Å²) in [5.74, 6) is 0. The van der Waals surface area contributed by atoms with Crippen molar-refractivity contribution in [2.24, 2.45) is 11.5 Å². The summed E-state index contributed by atoms with van der Waals surface area (Å²) < 4.78 is 0. The molecule has 0 bridgehead atoms. The smallest absolute Gasteiger partial charge is 0.0519 e. The molecule has 1 atom stereocenters. The van der Waals surface area contributed by atoms with Crippen LogP contribution in [0.15, 0.2) is 11.8 Å². The Morgan fingerprint density at radius 2 is 2.33 bits per heavy atom. The lowest BCUT2D eigenvalue weighted by Crippen LogP contribution is -2.35. The van der Waals surface area contributed by atoms with Gasteiger partial charge in [-0.3, -0.25) is 5.32 Å². The van der Waals surface area contributed by atoms with Gasteiger partial charge < -0.3 is 11.5 Å². The first kappa shape index (κ1) is 8.46. The third-order valence-electron chi connectivity index (χ3n) is 0.987. The van der Waals surface area contributed by atoms with E-state index in [4.69, 9.17) is 11.5 Å². The quantitative estimate of drug-likeness (QED) is 0.460. The second-order valence-electron chi connectivity index (χ2n) is 2.18. The Labute approximate surface area is 56.1 Å². The molecule has 0 aliphatic carbocycles. The van der Waals surface area contributed by atoms with Crippen molar-refractivity contribution >= 4 is 0 Å². The SMILES string of the molecule is C/C(=C/N)CN[C@@H](C)N. The molecule has 0 aliphatic rings. The molecule has 0 spiro atoms. The van der Waals surface area contributed by atoms with Gasteiger partial charge in [0.1, 0.15) is 0 Å². The van der Waals surface area contributed by atoms with Gasteiger partial charge in [0.05, 0.1) is 6.17 Å². The van der Waals surface area contributed by atoms with Crippen LogP contribution in [0.25, 0.3) is 0 Å². The number of nitrogens with one attached hydrogen (secondary N) is 1. The molecular weight excluding hydrogens is 114 g/mol. The van der Waals surface area contributed by atoms with Crippen LogP contribution in [0.5, 0.6) is 0 Å². The Balaban J connectivity index is 3.28. The zero-order valence-electron chi connectivity index (χ0n) is 6.02. The summed E-state index contributed by atoms with van der Waals surface area (Å²) in [6.45, 7) is 4.62. The predicted molar refractivity (Wildman–Crippen MR) is 39.6 cm³/mol. The molecule has 0 radical (unpaired) electrons. The first-order valence-electron chi connectivity index (χ1n) is 3.03. The summed E-state index contributed by atoms with van der Waals surface area (Å²) in [5.41, 5.74) is 11.7. The van der Waals surface area contributed by atoms with E-state index >= 15 is 0 Å². The fourth-order valence-corrected chi connectivity index (χ4v) is 0.381. The van der Waals surface area contributed by atoms with E-state index in [1.54, 1.807) is 6.20 Å². The molecular formula is C6H15N3. The first-order valence-corrected chi connectivity index (χ1v) is 3.03. The normalized spacial score (nSPS) is 15.7. The highest BCUT2D eigenvalue weighted by atomic mass is 15.0. The third-order valence-corrected chi connectivity index (χ3v) is 0.987. The van der Waals surface area contributed by atoms with E-state index in [-0.39, 0.29) is 6.17 Å². The van der Waals surface area contributed by atoms with Gasteiger partial charge in [-0.05, 0) is 25.6 Å². The standard InChI is InChI=1S/C6H15N3/c1-5(3-7)4-9-6(2)8/h3,6,9H,4,7-8H2,1-2H3/b5-3-/t6-/m0/s1. The van der Waals surface area contributed by atoms with Gasteiger partial charge in [0.2, 0.25) is 0 Å². The minimum atomic E-state index is 0.0416. The highest BCUT2D eigenvalue weighted by Crippen LogP contribution is 1.83. The molecule has 3 heteroatoms. The van der Waals surface area contributed by atoms with Gasteiger partial charge in [-0.15, -0.1) is 0 Å². The van der Waals surface area contributed by atoms with E-state index < -0.39 is 0 Å². The van der Waals surface area contributed by atoms with Crippen molar-refractivity contribution in [3.8, 4) is 0 Å². The Bertz CT molecular complexity index is 96.5. The fourth-order valence-electron chi connectivity index (χ4n) is 0.381. The zero-order chi connectivity index (χ0) is 7.28. The molecule has 5 N–H and O–H groups in total. The Kier molecular flexibility index (Phi) is 4.09. The molecule has 0 unspecified atom stereocenters. The second kappa shape index (κ2) is 4.35. The summed E-state index contributed by atoms with van der Waals surface area (Å²) in [6, 6.07) is 0. The van der Waals surface area contributed by atoms with Crippen molar-refractivity contribution in [1.29, 1.82) is 0 Å². The summed E-state index contributed by atoms with van der Waals surface area (Å²) in [4.78, 5) is 0. The van der Waals surface area contributed by atoms with E-state index in [2.05, 4.69) is 5.32 Å². The van der Waals surface area contributed by atoms with Crippen LogP contribution in [0.1, 0.15) is 13.8 Å². The van der Waals surface area contributed by atoms with Crippen molar-refractivity contribution in [3.63, 3.8) is 0 Å². The largest absolute Gasteiger partial charge is 0.405 e. The lowest BCUT2D eigenvalue weighted by atomic mass is 10.3. The van der Waals surface area contributed by atoms with Gasteiger partial charge in [0, 0.05) is 6.54 Å². The molecule has 0 aliphatic heterocycles. The van der Waals surface area contributed by atoms with Crippen LogP contribution in [0.3, 0.4) is 0 Å². The number of hydrogen-bond acceptors (Lipinski definition) is 3. The highest BCUT2D eigenvalue weighted by molar-refractivity contribution is 4.96. The van der Waals surface area contributed by atoms with Crippen LogP contribution >= 0.6 is 0 Å². The fraction of sp³-hybridized carbons (Fsp3) is 0.667. The van der Waals surface area contributed by atoms with E-state index in [1.807, 2.05) is 13.8 Å². The molecule has 54 valence electrons. The molecule has 0 saturated carbocycles. The summed E-state index contributed by atoms with van der Waals surface area (Å²) in [5, 5.41) is 3.03. The Hall–Kier alpha value is -0.540. The topological polar surface area (TPSA) is 64.1 Å². The van der Waals surface area contributed by atoms with E-state index in [0.717, 1.165) is 12.1 Å². The van der Waals surface area contributed by atoms with E-state index in [9.17, 15) is 0 Å². The molecule has 0 amide bonds. The van der Waals surface area contributed by atoms with Crippen LogP contribution in [-0.4, -0.2) is 12.7 Å². The van der Waals surface area contributed by atoms with Crippen LogP contribution in [0.4, 0.5) is 0 Å². The minimum absolute atomic E-state index is 0.0416. The molecule has 0 aromatic rings. The van der Waals surface area contributed by atoms with Gasteiger partial charge in [-0.25, -0.2) is 0 Å². The maximum absolute atomic E-state index is 5.42. The summed E-state index contributed by atoms with van der Waals surface area (Å²) >= 11 is 0. The summed E-state index contributed by atoms with van der Waals surface area (Å²) in [6.07, 6.45) is 1.62. The van der Waals surface area contributed by atoms with E-state index in [1.165, 1.54) is 0 Å². The van der Waals surface area contributed by atoms with Crippen molar-refractivity contribution < 1.29 is 0 Å². The average molecular weight is 129 g/mol. The molecule has 0 saturated heterocycles. The monoisotopic (exact) mass is 129 g/mol. The third kappa shape index (κ3) is 5.33. The number of rotatable bonds is 3. The van der Waals surface area contributed by atoms with Crippen molar-refractivity contribution in [3.05, 3.63) is 11.8 Å². The van der Waals surface area contributed by atoms with Crippen LogP contribution < -0.4 is 16.8 Å². The van der Waals surface area contributed by atoms with Crippen molar-refractivity contribution in [1.82, 2.24) is 5.32 Å². The minimum Gasteiger partial charge on any atom is -0.405 e.